The summed E-state index contributed by atoms with van der Waals surface area (Å²) in [5, 5.41) is 16.6. The number of rotatable bonds is 10. The first-order valence-electron chi connectivity index (χ1n) is 15.0. The van der Waals surface area contributed by atoms with Gasteiger partial charge in [0, 0.05) is 11.4 Å². The topological polar surface area (TPSA) is 117 Å². The minimum Gasteiger partial charge on any atom is -0.494 e. The predicted octanol–water partition coefficient (Wildman–Crippen LogP) is 4.45. The maximum atomic E-state index is 14.5. The Balaban J connectivity index is 1.52. The number of likely N-dealkylation sites (tertiary alicyclic amines) is 1. The van der Waals surface area contributed by atoms with E-state index in [0.29, 0.717) is 43.0 Å². The molecule has 3 fully saturated rings. The number of carbonyl (C=O) groups excluding carboxylic acids is 3. The average Bonchev–Trinajstić information content (AvgIpc) is 3.53. The van der Waals surface area contributed by atoms with Crippen LogP contribution >= 0.6 is 0 Å². The van der Waals surface area contributed by atoms with Gasteiger partial charge in [-0.2, -0.15) is 0 Å². The first kappa shape index (κ1) is 30.0. The molecule has 3 saturated heterocycles. The highest BCUT2D eigenvalue weighted by molar-refractivity contribution is 6.05. The lowest BCUT2D eigenvalue weighted by molar-refractivity contribution is -0.148. The normalized spacial score (nSPS) is 29.3. The molecule has 3 aliphatic heterocycles. The minimum absolute atomic E-state index is 0.0749. The van der Waals surface area contributed by atoms with Crippen molar-refractivity contribution in [3.63, 3.8) is 0 Å². The van der Waals surface area contributed by atoms with Crippen LogP contribution in [0.5, 0.6) is 5.75 Å². The van der Waals surface area contributed by atoms with Gasteiger partial charge in [0.2, 0.25) is 17.7 Å². The smallest absolute Gasteiger partial charge is 0.250 e. The van der Waals surface area contributed by atoms with Crippen molar-refractivity contribution in [1.82, 2.24) is 4.90 Å². The summed E-state index contributed by atoms with van der Waals surface area (Å²) in [6, 6.07) is 11.3. The molecule has 0 radical (unpaired) electrons. The summed E-state index contributed by atoms with van der Waals surface area (Å²) in [6.45, 7) is 11.9. The van der Waals surface area contributed by atoms with Gasteiger partial charge in [-0.3, -0.25) is 14.4 Å². The number of fused-ring (bicyclic) bond motifs is 1. The molecule has 2 unspecified atom stereocenters. The largest absolute Gasteiger partial charge is 0.494 e. The number of hydrogen-bond acceptors (Lipinski definition) is 6. The molecule has 42 heavy (non-hydrogen) atoms. The van der Waals surface area contributed by atoms with Crippen LogP contribution in [0.4, 0.5) is 11.4 Å². The first-order chi connectivity index (χ1) is 20.0. The fourth-order valence-electron chi connectivity index (χ4n) is 7.33. The number of benzene rings is 2. The van der Waals surface area contributed by atoms with Crippen LogP contribution in [0, 0.1) is 31.6 Å². The lowest BCUT2D eigenvalue weighted by Gasteiger charge is -2.39. The number of ether oxygens (including phenoxy) is 2. The highest BCUT2D eigenvalue weighted by Crippen LogP contribution is 2.63. The van der Waals surface area contributed by atoms with Gasteiger partial charge in [-0.1, -0.05) is 32.4 Å². The molecule has 7 atom stereocenters. The van der Waals surface area contributed by atoms with E-state index < -0.39 is 35.1 Å². The Labute approximate surface area is 248 Å². The lowest BCUT2D eigenvalue weighted by atomic mass is 9.66. The Morgan fingerprint density at radius 1 is 1.10 bits per heavy atom. The van der Waals surface area contributed by atoms with E-state index in [-0.39, 0.29) is 30.2 Å². The Morgan fingerprint density at radius 2 is 1.81 bits per heavy atom. The summed E-state index contributed by atoms with van der Waals surface area (Å²) < 4.78 is 12.3. The molecule has 2 bridgehead atoms. The number of nitrogens with one attached hydrogen (secondary N) is 2. The molecule has 226 valence electrons. The van der Waals surface area contributed by atoms with Gasteiger partial charge in [0.1, 0.15) is 17.4 Å². The minimum atomic E-state index is -1.19. The van der Waals surface area contributed by atoms with Gasteiger partial charge < -0.3 is 30.1 Å². The summed E-state index contributed by atoms with van der Waals surface area (Å²) in [4.78, 5) is 44.2. The number of aryl methyl sites for hydroxylation is 2. The fourth-order valence-corrected chi connectivity index (χ4v) is 7.33. The number of aliphatic hydroxyl groups excluding tert-OH is 1. The molecule has 5 rings (SSSR count). The lowest BCUT2D eigenvalue weighted by Crippen LogP contribution is -2.57. The van der Waals surface area contributed by atoms with Crippen LogP contribution in [0.15, 0.2) is 42.5 Å². The van der Waals surface area contributed by atoms with E-state index >= 15 is 0 Å². The number of nitrogens with zero attached hydrogens (tertiary/aromatic N) is 1. The highest BCUT2D eigenvalue weighted by atomic mass is 16.5. The zero-order chi connectivity index (χ0) is 30.4. The second-order valence-electron chi connectivity index (χ2n) is 12.4. The van der Waals surface area contributed by atoms with E-state index in [9.17, 15) is 19.5 Å². The van der Waals surface area contributed by atoms with Crippen molar-refractivity contribution in [1.29, 1.82) is 0 Å². The van der Waals surface area contributed by atoms with Crippen molar-refractivity contribution in [3.05, 3.63) is 53.6 Å². The molecule has 2 aromatic carbocycles. The van der Waals surface area contributed by atoms with Crippen molar-refractivity contribution in [2.75, 3.05) is 23.8 Å². The maximum absolute atomic E-state index is 14.5. The zero-order valence-corrected chi connectivity index (χ0v) is 25.4. The fraction of sp³-hybridized carbons (Fsp3) is 0.545. The standard InChI is InChI=1S/C33H43N3O6/c1-7-20(4)25(18-37)36-28(30(39)35-24-17-19(3)9-10-21(24)5)33-16-15-32(6,42-33)26(27(33)31(36)40)29(38)34-22-11-13-23(14-12-22)41-8-2/h9-14,17,20,25-28,37H,7-8,15-16,18H2,1-6H3,(H,34,38)(H,35,39)/t20-,25-,26+,27-,28?,32-,33?/m0/s1. The molecular weight excluding hydrogens is 534 g/mol. The zero-order valence-electron chi connectivity index (χ0n) is 25.4. The van der Waals surface area contributed by atoms with Gasteiger partial charge in [0.05, 0.1) is 36.7 Å². The van der Waals surface area contributed by atoms with Gasteiger partial charge in [0.15, 0.2) is 0 Å². The molecule has 3 heterocycles. The SMILES string of the molecule is CCOc1ccc(NC(=O)[C@H]2[C@H]3C(=O)N([C@@H](CO)[C@@H](C)CC)C(C(=O)Nc4cc(C)ccc4C)C34CC[C@]2(C)O4)cc1. The summed E-state index contributed by atoms with van der Waals surface area (Å²) in [7, 11) is 0. The average molecular weight is 578 g/mol. The predicted molar refractivity (Wildman–Crippen MR) is 160 cm³/mol. The third kappa shape index (κ3) is 4.86. The van der Waals surface area contributed by atoms with E-state index in [1.165, 1.54) is 0 Å². The van der Waals surface area contributed by atoms with Crippen LogP contribution < -0.4 is 15.4 Å². The van der Waals surface area contributed by atoms with E-state index in [1.807, 2.05) is 59.7 Å². The molecule has 9 heteroatoms. The van der Waals surface area contributed by atoms with Gasteiger partial charge in [0.25, 0.3) is 0 Å². The van der Waals surface area contributed by atoms with Crippen molar-refractivity contribution < 1.29 is 29.0 Å². The molecule has 1 spiro atoms. The van der Waals surface area contributed by atoms with Crippen molar-refractivity contribution in [2.45, 2.75) is 84.1 Å². The molecule has 2 aromatic rings. The van der Waals surface area contributed by atoms with E-state index in [4.69, 9.17) is 9.47 Å². The van der Waals surface area contributed by atoms with Crippen LogP contribution in [0.25, 0.3) is 0 Å². The summed E-state index contributed by atoms with van der Waals surface area (Å²) in [5.74, 6) is -2.03. The Bertz CT molecular complexity index is 1360. The molecule has 9 nitrogen and oxygen atoms in total. The maximum Gasteiger partial charge on any atom is 0.250 e. The summed E-state index contributed by atoms with van der Waals surface area (Å²) in [5.41, 5.74) is 1.05. The van der Waals surface area contributed by atoms with E-state index in [2.05, 4.69) is 10.6 Å². The molecule has 0 aliphatic carbocycles. The summed E-state index contributed by atoms with van der Waals surface area (Å²) in [6.07, 6.45) is 1.71. The van der Waals surface area contributed by atoms with E-state index in [1.54, 1.807) is 29.2 Å². The first-order valence-corrected chi connectivity index (χ1v) is 15.0. The molecule has 0 aromatic heterocycles. The molecule has 0 saturated carbocycles. The second kappa shape index (κ2) is 11.3. The monoisotopic (exact) mass is 577 g/mol. The number of amides is 3. The van der Waals surface area contributed by atoms with Crippen LogP contribution in [-0.2, 0) is 19.1 Å². The van der Waals surface area contributed by atoms with Gasteiger partial charge >= 0.3 is 0 Å². The number of hydrogen-bond donors (Lipinski definition) is 3. The van der Waals surface area contributed by atoms with Crippen LogP contribution in [0.2, 0.25) is 0 Å². The quantitative estimate of drug-likeness (QED) is 0.384. The number of carbonyl (C=O) groups is 3. The highest BCUT2D eigenvalue weighted by Gasteiger charge is 2.78. The van der Waals surface area contributed by atoms with Crippen molar-refractivity contribution in [3.8, 4) is 5.75 Å². The summed E-state index contributed by atoms with van der Waals surface area (Å²) >= 11 is 0. The van der Waals surface area contributed by atoms with Crippen LogP contribution in [0.1, 0.15) is 58.1 Å². The molecule has 3 amide bonds. The Hall–Kier alpha value is -3.43. The Kier molecular flexibility index (Phi) is 8.11. The van der Waals surface area contributed by atoms with Crippen molar-refractivity contribution in [2.24, 2.45) is 17.8 Å². The van der Waals surface area contributed by atoms with E-state index in [0.717, 1.165) is 11.1 Å². The van der Waals surface area contributed by atoms with Gasteiger partial charge in [-0.25, -0.2) is 0 Å². The third-order valence-corrected chi connectivity index (χ3v) is 9.67. The van der Waals surface area contributed by atoms with Gasteiger partial charge in [-0.05, 0) is 87.9 Å². The Morgan fingerprint density at radius 3 is 2.45 bits per heavy atom. The molecule has 3 aliphatic rings. The van der Waals surface area contributed by atoms with Gasteiger partial charge in [-0.15, -0.1) is 0 Å². The van der Waals surface area contributed by atoms with Crippen LogP contribution in [-0.4, -0.2) is 64.2 Å². The molecule has 3 N–H and O–H groups in total. The molecular formula is C33H43N3O6. The number of anilines is 2. The number of aliphatic hydroxyl groups is 1. The second-order valence-corrected chi connectivity index (χ2v) is 12.4. The van der Waals surface area contributed by atoms with Crippen LogP contribution in [0.3, 0.4) is 0 Å². The third-order valence-electron chi connectivity index (χ3n) is 9.67. The van der Waals surface area contributed by atoms with Crippen molar-refractivity contribution >= 4 is 29.1 Å².